The minimum Gasteiger partial charge on any atom is -0.463 e. The SMILES string of the molecule is C=C(C)C(=O)OCC(O)COC(=O)CC1CCC(C(C)C2CCC(CC(=O)OCC(O)COC(=O)C(=C)C)CC2)CC1. The Hall–Kier alpha value is -2.72. The third-order valence-electron chi connectivity index (χ3n) is 8.56. The molecule has 0 amide bonds. The predicted molar refractivity (Wildman–Crippen MR) is 155 cm³/mol. The van der Waals surface area contributed by atoms with Gasteiger partial charge in [0.2, 0.25) is 0 Å². The second-order valence-corrected chi connectivity index (χ2v) is 12.3. The molecular formula is C32H50O10. The molecule has 0 bridgehead atoms. The molecule has 0 heterocycles. The van der Waals surface area contributed by atoms with E-state index in [1.54, 1.807) is 0 Å². The van der Waals surface area contributed by atoms with Crippen molar-refractivity contribution in [1.82, 2.24) is 0 Å². The zero-order chi connectivity index (χ0) is 31.2. The van der Waals surface area contributed by atoms with E-state index in [2.05, 4.69) is 20.1 Å². The van der Waals surface area contributed by atoms with Gasteiger partial charge >= 0.3 is 23.9 Å². The minimum absolute atomic E-state index is 0.204. The zero-order valence-corrected chi connectivity index (χ0v) is 25.5. The van der Waals surface area contributed by atoms with E-state index in [0.29, 0.717) is 30.6 Å². The van der Waals surface area contributed by atoms with Gasteiger partial charge in [-0.25, -0.2) is 9.59 Å². The Bertz CT molecular complexity index is 854. The van der Waals surface area contributed by atoms with Gasteiger partial charge in [0.15, 0.2) is 0 Å². The van der Waals surface area contributed by atoms with Crippen LogP contribution in [-0.4, -0.2) is 72.7 Å². The van der Waals surface area contributed by atoms with E-state index < -0.39 is 24.1 Å². The number of aliphatic hydroxyl groups is 2. The Balaban J connectivity index is 1.59. The molecule has 2 unspecified atom stereocenters. The summed E-state index contributed by atoms with van der Waals surface area (Å²) < 4.78 is 20.1. The second-order valence-electron chi connectivity index (χ2n) is 12.3. The molecule has 2 rings (SSSR count). The molecule has 2 saturated carbocycles. The molecule has 238 valence electrons. The quantitative estimate of drug-likeness (QED) is 0.152. The Morgan fingerprint density at radius 1 is 0.619 bits per heavy atom. The van der Waals surface area contributed by atoms with E-state index >= 15 is 0 Å². The van der Waals surface area contributed by atoms with Gasteiger partial charge in [-0.3, -0.25) is 9.59 Å². The number of carbonyl (C=O) groups is 4. The fourth-order valence-electron chi connectivity index (χ4n) is 5.88. The highest BCUT2D eigenvalue weighted by molar-refractivity contribution is 5.87. The summed E-state index contributed by atoms with van der Waals surface area (Å²) in [5.41, 5.74) is 0.483. The van der Waals surface area contributed by atoms with Crippen molar-refractivity contribution in [3.8, 4) is 0 Å². The molecule has 0 spiro atoms. The van der Waals surface area contributed by atoms with Crippen LogP contribution in [0.4, 0.5) is 0 Å². The highest BCUT2D eigenvalue weighted by Gasteiger charge is 2.33. The van der Waals surface area contributed by atoms with Crippen molar-refractivity contribution in [2.45, 2.75) is 97.2 Å². The third kappa shape index (κ3) is 13.1. The van der Waals surface area contributed by atoms with Gasteiger partial charge in [0.1, 0.15) is 38.6 Å². The van der Waals surface area contributed by atoms with Crippen molar-refractivity contribution in [1.29, 1.82) is 0 Å². The van der Waals surface area contributed by atoms with Crippen molar-refractivity contribution in [2.75, 3.05) is 26.4 Å². The number of aliphatic hydroxyl groups excluding tert-OH is 2. The fraction of sp³-hybridized carbons (Fsp3) is 0.750. The van der Waals surface area contributed by atoms with E-state index in [0.717, 1.165) is 51.4 Å². The topological polar surface area (TPSA) is 146 Å². The van der Waals surface area contributed by atoms with Crippen LogP contribution in [0.15, 0.2) is 24.3 Å². The molecule has 42 heavy (non-hydrogen) atoms. The van der Waals surface area contributed by atoms with Gasteiger partial charge in [-0.2, -0.15) is 0 Å². The first kappa shape index (κ1) is 35.5. The van der Waals surface area contributed by atoms with Crippen molar-refractivity contribution in [3.05, 3.63) is 24.3 Å². The first-order valence-corrected chi connectivity index (χ1v) is 15.2. The molecule has 2 fully saturated rings. The van der Waals surface area contributed by atoms with Crippen molar-refractivity contribution in [3.63, 3.8) is 0 Å². The molecule has 2 aliphatic carbocycles. The van der Waals surface area contributed by atoms with Crippen LogP contribution in [0, 0.1) is 29.6 Å². The number of esters is 4. The smallest absolute Gasteiger partial charge is 0.333 e. The molecule has 0 aromatic carbocycles. The summed E-state index contributed by atoms with van der Waals surface area (Å²) in [5.74, 6) is 0.520. The van der Waals surface area contributed by atoms with Crippen LogP contribution in [0.2, 0.25) is 0 Å². The lowest BCUT2D eigenvalue weighted by Crippen LogP contribution is -2.30. The third-order valence-corrected chi connectivity index (χ3v) is 8.56. The normalized spacial score (nSPS) is 24.4. The summed E-state index contributed by atoms with van der Waals surface area (Å²) in [4.78, 5) is 47.3. The van der Waals surface area contributed by atoms with Crippen molar-refractivity contribution in [2.24, 2.45) is 29.6 Å². The molecule has 10 heteroatoms. The molecule has 0 aromatic rings. The number of carbonyl (C=O) groups excluding carboxylic acids is 4. The van der Waals surface area contributed by atoms with Gasteiger partial charge in [0.25, 0.3) is 0 Å². The van der Waals surface area contributed by atoms with Gasteiger partial charge < -0.3 is 29.2 Å². The Morgan fingerprint density at radius 3 is 1.24 bits per heavy atom. The molecule has 10 nitrogen and oxygen atoms in total. The summed E-state index contributed by atoms with van der Waals surface area (Å²) in [7, 11) is 0. The van der Waals surface area contributed by atoms with E-state index in [1.165, 1.54) is 13.8 Å². The van der Waals surface area contributed by atoms with Crippen molar-refractivity contribution >= 4 is 23.9 Å². The number of hydrogen-bond acceptors (Lipinski definition) is 10. The Kier molecular flexibility index (Phi) is 15.3. The monoisotopic (exact) mass is 594 g/mol. The second kappa shape index (κ2) is 18.1. The molecule has 0 radical (unpaired) electrons. The summed E-state index contributed by atoms with van der Waals surface area (Å²) in [6, 6.07) is 0. The lowest BCUT2D eigenvalue weighted by atomic mass is 9.67. The van der Waals surface area contributed by atoms with E-state index in [1.807, 2.05) is 0 Å². The number of ether oxygens (including phenoxy) is 4. The molecule has 0 aliphatic heterocycles. The van der Waals surface area contributed by atoms with Crippen LogP contribution >= 0.6 is 0 Å². The van der Waals surface area contributed by atoms with Crippen LogP contribution in [0.3, 0.4) is 0 Å². The first-order valence-electron chi connectivity index (χ1n) is 15.2. The van der Waals surface area contributed by atoms with Crippen LogP contribution in [0.5, 0.6) is 0 Å². The van der Waals surface area contributed by atoms with Gasteiger partial charge in [-0.05, 0) is 94.8 Å². The molecule has 2 N–H and O–H groups in total. The van der Waals surface area contributed by atoms with E-state index in [4.69, 9.17) is 18.9 Å². The maximum Gasteiger partial charge on any atom is 0.333 e. The maximum absolute atomic E-state index is 12.3. The van der Waals surface area contributed by atoms with Gasteiger partial charge in [-0.1, -0.05) is 20.1 Å². The highest BCUT2D eigenvalue weighted by Crippen LogP contribution is 2.43. The lowest BCUT2D eigenvalue weighted by molar-refractivity contribution is -0.152. The van der Waals surface area contributed by atoms with Gasteiger partial charge in [0.05, 0.1) is 0 Å². The van der Waals surface area contributed by atoms with Crippen LogP contribution in [0.1, 0.15) is 85.0 Å². The Morgan fingerprint density at radius 2 is 0.929 bits per heavy atom. The van der Waals surface area contributed by atoms with Gasteiger partial charge in [-0.15, -0.1) is 0 Å². The van der Waals surface area contributed by atoms with E-state index in [9.17, 15) is 29.4 Å². The lowest BCUT2D eigenvalue weighted by Gasteiger charge is -2.39. The largest absolute Gasteiger partial charge is 0.463 e. The maximum atomic E-state index is 12.3. The van der Waals surface area contributed by atoms with Crippen LogP contribution in [-0.2, 0) is 38.1 Å². The summed E-state index contributed by atoms with van der Waals surface area (Å²) >= 11 is 0. The first-order chi connectivity index (χ1) is 19.8. The Labute approximate surface area is 249 Å². The number of rotatable bonds is 16. The average Bonchev–Trinajstić information content (AvgIpc) is 2.96. The molecular weight excluding hydrogens is 544 g/mol. The summed E-state index contributed by atoms with van der Waals surface area (Å²) in [6.45, 7) is 11.4. The predicted octanol–water partition coefficient (Wildman–Crippen LogP) is 4.06. The number of hydrogen-bond donors (Lipinski definition) is 2. The summed E-state index contributed by atoms with van der Waals surface area (Å²) in [6.07, 6.45) is 6.75. The molecule has 0 aromatic heterocycles. The van der Waals surface area contributed by atoms with Gasteiger partial charge in [0, 0.05) is 24.0 Å². The zero-order valence-electron chi connectivity index (χ0n) is 25.5. The van der Waals surface area contributed by atoms with Crippen molar-refractivity contribution < 1.29 is 48.3 Å². The van der Waals surface area contributed by atoms with Crippen LogP contribution < -0.4 is 0 Å². The standard InChI is InChI=1S/C32H50O10/c1-20(2)31(37)41-18-27(33)16-39-29(35)14-23-6-10-25(11-7-23)22(5)26-12-8-24(9-13-26)15-30(36)40-17-28(34)19-42-32(38)21(3)4/h22-28,33-34H,1,3,6-19H2,2,4-5H3. The fourth-order valence-corrected chi connectivity index (χ4v) is 5.88. The summed E-state index contributed by atoms with van der Waals surface area (Å²) in [5, 5.41) is 19.7. The molecule has 0 saturated heterocycles. The van der Waals surface area contributed by atoms with Crippen LogP contribution in [0.25, 0.3) is 0 Å². The minimum atomic E-state index is -1.06. The molecule has 2 atom stereocenters. The highest BCUT2D eigenvalue weighted by atomic mass is 16.6. The average molecular weight is 595 g/mol. The van der Waals surface area contributed by atoms with E-state index in [-0.39, 0.29) is 61.3 Å². The molecule has 2 aliphatic rings.